The monoisotopic (exact) mass is 297 g/mol. The Morgan fingerprint density at radius 2 is 1.29 bits per heavy atom. The van der Waals surface area contributed by atoms with E-state index in [1.165, 1.54) is 70.6 Å². The maximum absolute atomic E-state index is 10.8. The zero-order valence-electron chi connectivity index (χ0n) is 13.9. The Morgan fingerprint density at radius 3 is 1.81 bits per heavy atom. The van der Waals surface area contributed by atoms with Crippen LogP contribution in [0, 0.1) is 0 Å². The Labute approximate surface area is 131 Å². The molecule has 0 atom stereocenters. The zero-order valence-corrected chi connectivity index (χ0v) is 13.9. The van der Waals surface area contributed by atoms with E-state index in [1.807, 2.05) is 0 Å². The number of amides is 1. The van der Waals surface area contributed by atoms with Gasteiger partial charge in [-0.25, -0.2) is 5.48 Å². The number of allylic oxidation sites excluding steroid dienone is 2. The van der Waals surface area contributed by atoms with Crippen molar-refractivity contribution in [3.8, 4) is 0 Å². The van der Waals surface area contributed by atoms with Crippen molar-refractivity contribution < 1.29 is 10.0 Å². The maximum Gasteiger partial charge on any atom is 0.243 e. The van der Waals surface area contributed by atoms with Crippen molar-refractivity contribution in [2.75, 3.05) is 0 Å². The van der Waals surface area contributed by atoms with E-state index in [0.717, 1.165) is 12.8 Å². The van der Waals surface area contributed by atoms with Gasteiger partial charge in [-0.15, -0.1) is 0 Å². The predicted molar refractivity (Wildman–Crippen MR) is 89.4 cm³/mol. The molecular weight excluding hydrogens is 262 g/mol. The zero-order chi connectivity index (χ0) is 15.6. The number of hydrogen-bond donors (Lipinski definition) is 2. The van der Waals surface area contributed by atoms with Crippen LogP contribution in [0.4, 0.5) is 0 Å². The molecule has 0 heterocycles. The molecule has 0 bridgehead atoms. The number of unbranched alkanes of at least 4 members (excludes halogenated alkanes) is 11. The van der Waals surface area contributed by atoms with Gasteiger partial charge in [0.25, 0.3) is 0 Å². The number of hydroxylamine groups is 1. The lowest BCUT2D eigenvalue weighted by molar-refractivity contribution is -0.129. The van der Waals surface area contributed by atoms with Crippen molar-refractivity contribution in [1.82, 2.24) is 5.48 Å². The first-order chi connectivity index (χ1) is 10.3. The molecule has 0 aliphatic carbocycles. The van der Waals surface area contributed by atoms with E-state index in [4.69, 9.17) is 5.21 Å². The summed E-state index contributed by atoms with van der Waals surface area (Å²) in [5.74, 6) is -0.271. The normalized spacial score (nSPS) is 11.1. The second-order valence-corrected chi connectivity index (χ2v) is 5.87. The SMILES string of the molecule is CCCCCCCC/C=C/CCCCCCCC(=O)NO. The van der Waals surface area contributed by atoms with Crippen molar-refractivity contribution >= 4 is 5.91 Å². The van der Waals surface area contributed by atoms with E-state index in [0.29, 0.717) is 6.42 Å². The molecule has 0 unspecified atom stereocenters. The van der Waals surface area contributed by atoms with Gasteiger partial charge in [0.15, 0.2) is 0 Å². The molecule has 124 valence electrons. The van der Waals surface area contributed by atoms with Gasteiger partial charge in [0.1, 0.15) is 0 Å². The summed E-state index contributed by atoms with van der Waals surface area (Å²) >= 11 is 0. The largest absolute Gasteiger partial charge is 0.289 e. The third kappa shape index (κ3) is 17.1. The van der Waals surface area contributed by atoms with Gasteiger partial charge in [0.2, 0.25) is 5.91 Å². The minimum Gasteiger partial charge on any atom is -0.289 e. The summed E-state index contributed by atoms with van der Waals surface area (Å²) in [6, 6.07) is 0. The summed E-state index contributed by atoms with van der Waals surface area (Å²) in [5, 5.41) is 8.34. The highest BCUT2D eigenvalue weighted by Crippen LogP contribution is 2.09. The molecule has 0 spiro atoms. The van der Waals surface area contributed by atoms with Crippen LogP contribution < -0.4 is 5.48 Å². The molecule has 0 fully saturated rings. The highest BCUT2D eigenvalue weighted by molar-refractivity contribution is 5.74. The van der Waals surface area contributed by atoms with Gasteiger partial charge in [-0.1, -0.05) is 70.4 Å². The van der Waals surface area contributed by atoms with Crippen LogP contribution in [-0.2, 0) is 4.79 Å². The standard InChI is InChI=1S/C18H35NO2/c1-2-3-4-5-6-7-8-9-10-11-12-13-14-15-16-17-18(20)19-21/h9-10,21H,2-8,11-17H2,1H3,(H,19,20)/b10-9+. The second-order valence-electron chi connectivity index (χ2n) is 5.87. The summed E-state index contributed by atoms with van der Waals surface area (Å²) in [6.45, 7) is 2.26. The van der Waals surface area contributed by atoms with Crippen LogP contribution in [0.5, 0.6) is 0 Å². The van der Waals surface area contributed by atoms with Gasteiger partial charge in [-0.05, 0) is 32.1 Å². The van der Waals surface area contributed by atoms with E-state index >= 15 is 0 Å². The highest BCUT2D eigenvalue weighted by Gasteiger charge is 1.97. The van der Waals surface area contributed by atoms with E-state index in [1.54, 1.807) is 5.48 Å². The number of hydrogen-bond acceptors (Lipinski definition) is 2. The van der Waals surface area contributed by atoms with Crippen molar-refractivity contribution in [2.24, 2.45) is 0 Å². The molecule has 1 amide bonds. The maximum atomic E-state index is 10.8. The fraction of sp³-hybridized carbons (Fsp3) is 0.833. The van der Waals surface area contributed by atoms with Crippen LogP contribution in [0.1, 0.15) is 96.8 Å². The third-order valence-corrected chi connectivity index (χ3v) is 3.79. The Kier molecular flexibility index (Phi) is 16.5. The minimum atomic E-state index is -0.271. The molecule has 0 aromatic carbocycles. The summed E-state index contributed by atoms with van der Waals surface area (Å²) in [6.07, 6.45) is 21.4. The average Bonchev–Trinajstić information content (AvgIpc) is 2.50. The molecule has 0 aromatic heterocycles. The summed E-state index contributed by atoms with van der Waals surface area (Å²) in [5.41, 5.74) is 1.67. The van der Waals surface area contributed by atoms with Crippen LogP contribution in [0.15, 0.2) is 12.2 Å². The molecule has 0 radical (unpaired) electrons. The van der Waals surface area contributed by atoms with Gasteiger partial charge in [0.05, 0.1) is 0 Å². The summed E-state index contributed by atoms with van der Waals surface area (Å²) in [7, 11) is 0. The van der Waals surface area contributed by atoms with Gasteiger partial charge in [-0.3, -0.25) is 10.0 Å². The fourth-order valence-corrected chi connectivity index (χ4v) is 2.41. The minimum absolute atomic E-state index is 0.271. The first-order valence-corrected chi connectivity index (χ1v) is 8.89. The number of rotatable bonds is 15. The summed E-state index contributed by atoms with van der Waals surface area (Å²) < 4.78 is 0. The van der Waals surface area contributed by atoms with E-state index in [2.05, 4.69) is 19.1 Å². The smallest absolute Gasteiger partial charge is 0.243 e. The fourth-order valence-electron chi connectivity index (χ4n) is 2.41. The highest BCUT2D eigenvalue weighted by atomic mass is 16.5. The molecule has 0 saturated carbocycles. The third-order valence-electron chi connectivity index (χ3n) is 3.79. The van der Waals surface area contributed by atoms with Crippen LogP contribution in [-0.4, -0.2) is 11.1 Å². The molecule has 3 nitrogen and oxygen atoms in total. The number of carbonyl (C=O) groups excluding carboxylic acids is 1. The molecule has 0 saturated heterocycles. The lowest BCUT2D eigenvalue weighted by atomic mass is 10.1. The Bertz CT molecular complexity index is 252. The van der Waals surface area contributed by atoms with E-state index < -0.39 is 0 Å². The molecule has 0 aliphatic rings. The molecular formula is C18H35NO2. The van der Waals surface area contributed by atoms with E-state index in [9.17, 15) is 4.79 Å². The van der Waals surface area contributed by atoms with Gasteiger partial charge < -0.3 is 0 Å². The molecule has 21 heavy (non-hydrogen) atoms. The van der Waals surface area contributed by atoms with Crippen LogP contribution >= 0.6 is 0 Å². The van der Waals surface area contributed by atoms with Crippen LogP contribution in [0.3, 0.4) is 0 Å². The van der Waals surface area contributed by atoms with Gasteiger partial charge >= 0.3 is 0 Å². The van der Waals surface area contributed by atoms with Crippen molar-refractivity contribution in [3.05, 3.63) is 12.2 Å². The van der Waals surface area contributed by atoms with E-state index in [-0.39, 0.29) is 5.91 Å². The van der Waals surface area contributed by atoms with Gasteiger partial charge in [0, 0.05) is 6.42 Å². The Hall–Kier alpha value is -0.830. The topological polar surface area (TPSA) is 49.3 Å². The average molecular weight is 297 g/mol. The Morgan fingerprint density at radius 1 is 0.810 bits per heavy atom. The Balaban J connectivity index is 3.10. The number of nitrogens with one attached hydrogen (secondary N) is 1. The predicted octanol–water partition coefficient (Wildman–Crippen LogP) is 5.53. The van der Waals surface area contributed by atoms with Crippen molar-refractivity contribution in [3.63, 3.8) is 0 Å². The summed E-state index contributed by atoms with van der Waals surface area (Å²) in [4.78, 5) is 10.8. The molecule has 2 N–H and O–H groups in total. The first kappa shape index (κ1) is 20.2. The van der Waals surface area contributed by atoms with Crippen molar-refractivity contribution in [1.29, 1.82) is 0 Å². The second kappa shape index (κ2) is 17.2. The quantitative estimate of drug-likeness (QED) is 0.181. The molecule has 0 aromatic rings. The molecule has 3 heteroatoms. The number of carbonyl (C=O) groups is 1. The molecule has 0 rings (SSSR count). The lowest BCUT2D eigenvalue weighted by Crippen LogP contribution is -2.17. The van der Waals surface area contributed by atoms with Crippen molar-refractivity contribution in [2.45, 2.75) is 96.8 Å². The first-order valence-electron chi connectivity index (χ1n) is 8.89. The van der Waals surface area contributed by atoms with Gasteiger partial charge in [-0.2, -0.15) is 0 Å². The van der Waals surface area contributed by atoms with Crippen LogP contribution in [0.25, 0.3) is 0 Å². The van der Waals surface area contributed by atoms with Crippen LogP contribution in [0.2, 0.25) is 0 Å². The molecule has 0 aliphatic heterocycles. The lowest BCUT2D eigenvalue weighted by Gasteiger charge is -2.00.